The summed E-state index contributed by atoms with van der Waals surface area (Å²) in [4.78, 5) is 23.3. The first-order valence-corrected chi connectivity index (χ1v) is 8.10. The summed E-state index contributed by atoms with van der Waals surface area (Å²) in [5.41, 5.74) is 2.97. The van der Waals surface area contributed by atoms with E-state index < -0.39 is 0 Å². The Hall–Kier alpha value is -3.02. The van der Waals surface area contributed by atoms with Crippen LogP contribution in [0, 0.1) is 0 Å². The molecule has 0 saturated heterocycles. The Kier molecular flexibility index (Phi) is 5.18. The number of methoxy groups -OCH3 is 1. The second-order valence-corrected chi connectivity index (χ2v) is 5.76. The summed E-state index contributed by atoms with van der Waals surface area (Å²) in [5.74, 6) is 0.963. The number of anilines is 1. The van der Waals surface area contributed by atoms with E-state index in [9.17, 15) is 9.59 Å². The summed E-state index contributed by atoms with van der Waals surface area (Å²) in [5, 5.41) is 5.63. The molecule has 0 aromatic heterocycles. The van der Waals surface area contributed by atoms with E-state index in [1.54, 1.807) is 19.2 Å². The predicted molar refractivity (Wildman–Crippen MR) is 94.0 cm³/mol. The molecule has 1 aliphatic heterocycles. The molecular formula is C19H20N2O4. The van der Waals surface area contributed by atoms with Crippen LogP contribution in [0.4, 0.5) is 5.69 Å². The number of hydrogen-bond acceptors (Lipinski definition) is 4. The zero-order valence-corrected chi connectivity index (χ0v) is 14.0. The molecule has 1 heterocycles. The van der Waals surface area contributed by atoms with Crippen LogP contribution in [0.1, 0.15) is 11.1 Å². The fourth-order valence-electron chi connectivity index (χ4n) is 2.72. The van der Waals surface area contributed by atoms with Crippen LogP contribution >= 0.6 is 0 Å². The molecule has 6 nitrogen and oxygen atoms in total. The molecule has 2 aromatic rings. The van der Waals surface area contributed by atoms with Gasteiger partial charge in [0.05, 0.1) is 13.5 Å². The van der Waals surface area contributed by atoms with E-state index in [0.29, 0.717) is 30.9 Å². The Labute approximate surface area is 146 Å². The fraction of sp³-hybridized carbons (Fsp3) is 0.263. The van der Waals surface area contributed by atoms with Gasteiger partial charge in [-0.3, -0.25) is 9.59 Å². The van der Waals surface area contributed by atoms with Crippen molar-refractivity contribution in [2.45, 2.75) is 12.8 Å². The minimum Gasteiger partial charge on any atom is -0.493 e. The zero-order chi connectivity index (χ0) is 17.6. The van der Waals surface area contributed by atoms with Crippen molar-refractivity contribution in [3.8, 4) is 11.5 Å². The smallest absolute Gasteiger partial charge is 0.257 e. The minimum absolute atomic E-state index is 0.0222. The highest BCUT2D eigenvalue weighted by atomic mass is 16.5. The maximum Gasteiger partial charge on any atom is 0.257 e. The van der Waals surface area contributed by atoms with Gasteiger partial charge in [-0.25, -0.2) is 0 Å². The van der Waals surface area contributed by atoms with E-state index in [1.165, 1.54) is 0 Å². The average Bonchev–Trinajstić information content (AvgIpc) is 2.99. The first-order valence-electron chi connectivity index (χ1n) is 8.10. The summed E-state index contributed by atoms with van der Waals surface area (Å²) in [6.07, 6.45) is 1.12. The third-order valence-electron chi connectivity index (χ3n) is 3.96. The Bertz CT molecular complexity index is 789. The van der Waals surface area contributed by atoms with Crippen molar-refractivity contribution in [3.05, 3.63) is 53.6 Å². The lowest BCUT2D eigenvalue weighted by Crippen LogP contribution is -2.30. The SMILES string of the molecule is COc1ccccc1OCC(=O)NCCc1ccc2c(c1)CC(=O)N2. The number of fused-ring (bicyclic) bond motifs is 1. The van der Waals surface area contributed by atoms with Gasteiger partial charge in [-0.2, -0.15) is 0 Å². The maximum atomic E-state index is 11.9. The molecule has 0 radical (unpaired) electrons. The van der Waals surface area contributed by atoms with Crippen molar-refractivity contribution in [1.82, 2.24) is 5.32 Å². The molecule has 0 atom stereocenters. The van der Waals surface area contributed by atoms with Gasteiger partial charge < -0.3 is 20.1 Å². The highest BCUT2D eigenvalue weighted by molar-refractivity contribution is 5.99. The molecule has 0 bridgehead atoms. The third kappa shape index (κ3) is 4.29. The number of rotatable bonds is 7. The fourth-order valence-corrected chi connectivity index (χ4v) is 2.72. The van der Waals surface area contributed by atoms with Crippen LogP contribution in [0.15, 0.2) is 42.5 Å². The number of carbonyl (C=O) groups excluding carboxylic acids is 2. The minimum atomic E-state index is -0.191. The lowest BCUT2D eigenvalue weighted by Gasteiger charge is -2.10. The number of ether oxygens (including phenoxy) is 2. The standard InChI is InChI=1S/C19H20N2O4/c1-24-16-4-2-3-5-17(16)25-12-19(23)20-9-8-13-6-7-15-14(10-13)11-18(22)21-15/h2-7,10H,8-9,11-12H2,1H3,(H,20,23)(H,21,22). The molecule has 0 aliphatic carbocycles. The number of carbonyl (C=O) groups is 2. The van der Waals surface area contributed by atoms with Gasteiger partial charge in [0, 0.05) is 12.2 Å². The van der Waals surface area contributed by atoms with Gasteiger partial charge in [-0.05, 0) is 35.7 Å². The van der Waals surface area contributed by atoms with Crippen molar-refractivity contribution < 1.29 is 19.1 Å². The lowest BCUT2D eigenvalue weighted by molar-refractivity contribution is -0.123. The molecule has 130 valence electrons. The van der Waals surface area contributed by atoms with Gasteiger partial charge in [0.25, 0.3) is 5.91 Å². The Morgan fingerprint density at radius 1 is 1.20 bits per heavy atom. The van der Waals surface area contributed by atoms with E-state index in [4.69, 9.17) is 9.47 Å². The summed E-state index contributed by atoms with van der Waals surface area (Å²) in [7, 11) is 1.56. The van der Waals surface area contributed by atoms with Crippen LogP contribution in [0.2, 0.25) is 0 Å². The zero-order valence-electron chi connectivity index (χ0n) is 14.0. The molecule has 2 amide bonds. The molecule has 0 fully saturated rings. The lowest BCUT2D eigenvalue weighted by atomic mass is 10.1. The van der Waals surface area contributed by atoms with Crippen molar-refractivity contribution in [3.63, 3.8) is 0 Å². The highest BCUT2D eigenvalue weighted by Gasteiger charge is 2.17. The number of para-hydroxylation sites is 2. The van der Waals surface area contributed by atoms with Crippen LogP contribution in [-0.2, 0) is 22.4 Å². The first kappa shape index (κ1) is 16.8. The molecule has 1 aliphatic rings. The average molecular weight is 340 g/mol. The molecule has 2 N–H and O–H groups in total. The van der Waals surface area contributed by atoms with Crippen molar-refractivity contribution in [1.29, 1.82) is 0 Å². The number of hydrogen-bond donors (Lipinski definition) is 2. The van der Waals surface area contributed by atoms with Gasteiger partial charge >= 0.3 is 0 Å². The van der Waals surface area contributed by atoms with Gasteiger partial charge in [0.2, 0.25) is 5.91 Å². The number of amides is 2. The van der Waals surface area contributed by atoms with E-state index in [2.05, 4.69) is 10.6 Å². The first-order chi connectivity index (χ1) is 12.2. The van der Waals surface area contributed by atoms with Crippen molar-refractivity contribution in [2.75, 3.05) is 25.6 Å². The molecule has 0 unspecified atom stereocenters. The molecular weight excluding hydrogens is 320 g/mol. The largest absolute Gasteiger partial charge is 0.493 e. The van der Waals surface area contributed by atoms with Crippen molar-refractivity contribution >= 4 is 17.5 Å². The van der Waals surface area contributed by atoms with E-state index in [1.807, 2.05) is 30.3 Å². The van der Waals surface area contributed by atoms with Crippen molar-refractivity contribution in [2.24, 2.45) is 0 Å². The van der Waals surface area contributed by atoms with Crippen LogP contribution in [0.3, 0.4) is 0 Å². The number of nitrogens with one attached hydrogen (secondary N) is 2. The highest BCUT2D eigenvalue weighted by Crippen LogP contribution is 2.25. The molecule has 3 rings (SSSR count). The summed E-state index contributed by atoms with van der Waals surface area (Å²) >= 11 is 0. The van der Waals surface area contributed by atoms with Crippen LogP contribution in [0.5, 0.6) is 11.5 Å². The van der Waals surface area contributed by atoms with Gasteiger partial charge in [-0.1, -0.05) is 24.3 Å². The Morgan fingerprint density at radius 3 is 2.80 bits per heavy atom. The normalized spacial score (nSPS) is 12.3. The van der Waals surface area contributed by atoms with Crippen LogP contribution in [-0.4, -0.2) is 32.1 Å². The second-order valence-electron chi connectivity index (χ2n) is 5.76. The maximum absolute atomic E-state index is 11.9. The Morgan fingerprint density at radius 2 is 2.00 bits per heavy atom. The Balaban J connectivity index is 1.44. The van der Waals surface area contributed by atoms with Gasteiger partial charge in [0.15, 0.2) is 18.1 Å². The van der Waals surface area contributed by atoms with Crippen LogP contribution in [0.25, 0.3) is 0 Å². The predicted octanol–water partition coefficient (Wildman–Crippen LogP) is 1.93. The molecule has 0 saturated carbocycles. The van der Waals surface area contributed by atoms with E-state index in [0.717, 1.165) is 16.8 Å². The van der Waals surface area contributed by atoms with E-state index in [-0.39, 0.29) is 18.4 Å². The molecule has 25 heavy (non-hydrogen) atoms. The summed E-state index contributed by atoms with van der Waals surface area (Å²) in [6.45, 7) is 0.442. The second kappa shape index (κ2) is 7.70. The number of benzene rings is 2. The van der Waals surface area contributed by atoms with Gasteiger partial charge in [0.1, 0.15) is 0 Å². The topological polar surface area (TPSA) is 76.7 Å². The molecule has 2 aromatic carbocycles. The quantitative estimate of drug-likeness (QED) is 0.807. The summed E-state index contributed by atoms with van der Waals surface area (Å²) in [6, 6.07) is 13.1. The molecule has 6 heteroatoms. The van der Waals surface area contributed by atoms with Gasteiger partial charge in [-0.15, -0.1) is 0 Å². The summed E-state index contributed by atoms with van der Waals surface area (Å²) < 4.78 is 10.7. The van der Waals surface area contributed by atoms with Crippen LogP contribution < -0.4 is 20.1 Å². The third-order valence-corrected chi connectivity index (χ3v) is 3.96. The monoisotopic (exact) mass is 340 g/mol. The molecule has 0 spiro atoms. The van der Waals surface area contributed by atoms with E-state index >= 15 is 0 Å².